The minimum atomic E-state index is -0.0761. The van der Waals surface area contributed by atoms with E-state index in [4.69, 9.17) is 0 Å². The van der Waals surface area contributed by atoms with Crippen LogP contribution in [0.1, 0.15) is 23.0 Å². The Kier molecular flexibility index (Phi) is 10.5. The Hall–Kier alpha value is -1.55. The minimum Gasteiger partial charge on any atom is -0.357 e. The lowest BCUT2D eigenvalue weighted by atomic mass is 10.2. The van der Waals surface area contributed by atoms with Crippen molar-refractivity contribution in [2.75, 3.05) is 26.7 Å². The van der Waals surface area contributed by atoms with Crippen molar-refractivity contribution in [3.8, 4) is 0 Å². The van der Waals surface area contributed by atoms with Gasteiger partial charge < -0.3 is 20.1 Å². The first-order valence-electron chi connectivity index (χ1n) is 8.64. The third kappa shape index (κ3) is 7.53. The van der Waals surface area contributed by atoms with E-state index in [1.54, 1.807) is 12.1 Å². The molecule has 0 unspecified atom stereocenters. The predicted octanol–water partition coefficient (Wildman–Crippen LogP) is 3.23. The van der Waals surface area contributed by atoms with Crippen molar-refractivity contribution >= 4 is 51.8 Å². The summed E-state index contributed by atoms with van der Waals surface area (Å²) in [6.07, 6.45) is 2.03. The smallest absolute Gasteiger partial charge is 0.251 e. The number of aryl methyl sites for hydroxylation is 1. The van der Waals surface area contributed by atoms with Gasteiger partial charge in [-0.1, -0.05) is 18.2 Å². The second-order valence-corrected chi connectivity index (χ2v) is 6.89. The highest BCUT2D eigenvalue weighted by Gasteiger charge is 2.09. The summed E-state index contributed by atoms with van der Waals surface area (Å²) in [6, 6.07) is 11.3. The summed E-state index contributed by atoms with van der Waals surface area (Å²) >= 11 is 3.50. The van der Waals surface area contributed by atoms with Crippen molar-refractivity contribution in [2.45, 2.75) is 13.5 Å². The first-order valence-corrected chi connectivity index (χ1v) is 9.44. The monoisotopic (exact) mass is 547 g/mol. The number of hydrogen-bond donors (Lipinski definition) is 2. The molecule has 0 fully saturated rings. The van der Waals surface area contributed by atoms with Gasteiger partial charge in [-0.05, 0) is 41.1 Å². The predicted molar refractivity (Wildman–Crippen MR) is 125 cm³/mol. The number of benzene rings is 1. The molecule has 0 aliphatic rings. The molecule has 2 N–H and O–H groups in total. The second kappa shape index (κ2) is 12.0. The quantitative estimate of drug-likeness (QED) is 0.242. The number of halogens is 2. The van der Waals surface area contributed by atoms with Crippen LogP contribution in [0.25, 0.3) is 0 Å². The van der Waals surface area contributed by atoms with Crippen LogP contribution in [-0.2, 0) is 13.6 Å². The fraction of sp³-hybridized carbons (Fsp3) is 0.368. The molecule has 27 heavy (non-hydrogen) atoms. The van der Waals surface area contributed by atoms with Crippen LogP contribution in [0.3, 0.4) is 0 Å². The minimum absolute atomic E-state index is 0. The van der Waals surface area contributed by atoms with E-state index in [0.29, 0.717) is 18.7 Å². The van der Waals surface area contributed by atoms with Crippen LogP contribution in [0, 0.1) is 0 Å². The van der Waals surface area contributed by atoms with Crippen molar-refractivity contribution in [1.82, 2.24) is 20.1 Å². The molecule has 0 radical (unpaired) electrons. The summed E-state index contributed by atoms with van der Waals surface area (Å²) in [5, 5.41) is 6.19. The van der Waals surface area contributed by atoms with Crippen molar-refractivity contribution in [3.05, 3.63) is 58.3 Å². The van der Waals surface area contributed by atoms with Gasteiger partial charge in [-0.15, -0.1) is 24.0 Å². The number of nitrogens with one attached hydrogen (secondary N) is 2. The van der Waals surface area contributed by atoms with Gasteiger partial charge >= 0.3 is 0 Å². The molecule has 6 nitrogen and oxygen atoms in total. The molecule has 0 atom stereocenters. The molecule has 0 spiro atoms. The molecule has 1 amide bonds. The van der Waals surface area contributed by atoms with E-state index >= 15 is 0 Å². The van der Waals surface area contributed by atoms with Crippen LogP contribution < -0.4 is 10.6 Å². The largest absolute Gasteiger partial charge is 0.357 e. The van der Waals surface area contributed by atoms with Gasteiger partial charge in [-0.2, -0.15) is 0 Å². The molecule has 1 heterocycles. The molecule has 0 aliphatic heterocycles. The summed E-state index contributed by atoms with van der Waals surface area (Å²) in [6.45, 7) is 4.58. The molecule has 0 bridgehead atoms. The van der Waals surface area contributed by atoms with Crippen molar-refractivity contribution in [1.29, 1.82) is 0 Å². The van der Waals surface area contributed by atoms with Crippen LogP contribution >= 0.6 is 39.9 Å². The normalized spacial score (nSPS) is 10.9. The average molecular weight is 548 g/mol. The zero-order valence-electron chi connectivity index (χ0n) is 15.9. The van der Waals surface area contributed by atoms with Crippen LogP contribution in [0.5, 0.6) is 0 Å². The number of rotatable bonds is 7. The van der Waals surface area contributed by atoms with Crippen LogP contribution in [0.2, 0.25) is 0 Å². The summed E-state index contributed by atoms with van der Waals surface area (Å²) in [5.41, 5.74) is 1.84. The lowest BCUT2D eigenvalue weighted by Crippen LogP contribution is -2.39. The molecule has 2 aromatic rings. The van der Waals surface area contributed by atoms with Gasteiger partial charge in [-0.3, -0.25) is 9.79 Å². The van der Waals surface area contributed by atoms with Gasteiger partial charge in [-0.25, -0.2) is 0 Å². The Morgan fingerprint density at radius 1 is 1.26 bits per heavy atom. The highest BCUT2D eigenvalue weighted by molar-refractivity contribution is 14.0. The molecular weight excluding hydrogens is 521 g/mol. The number of aromatic nitrogens is 1. The molecule has 1 aromatic carbocycles. The number of carbonyl (C=O) groups excluding carboxylic acids is 1. The fourth-order valence-electron chi connectivity index (χ4n) is 2.53. The van der Waals surface area contributed by atoms with Gasteiger partial charge in [0.25, 0.3) is 5.91 Å². The van der Waals surface area contributed by atoms with Crippen LogP contribution in [0.15, 0.2) is 52.1 Å². The Labute approximate surface area is 186 Å². The maximum atomic E-state index is 12.0. The summed E-state index contributed by atoms with van der Waals surface area (Å²) < 4.78 is 3.15. The van der Waals surface area contributed by atoms with Gasteiger partial charge in [0.2, 0.25) is 0 Å². The lowest BCUT2D eigenvalue weighted by molar-refractivity contribution is 0.0955. The van der Waals surface area contributed by atoms with E-state index in [0.717, 1.165) is 23.5 Å². The highest BCUT2D eigenvalue weighted by atomic mass is 127. The van der Waals surface area contributed by atoms with Gasteiger partial charge in [0.1, 0.15) is 0 Å². The molecule has 8 heteroatoms. The van der Waals surface area contributed by atoms with Gasteiger partial charge in [0.15, 0.2) is 5.96 Å². The maximum absolute atomic E-state index is 12.0. The first-order chi connectivity index (χ1) is 12.5. The third-order valence-corrected chi connectivity index (χ3v) is 4.30. The first kappa shape index (κ1) is 23.5. The number of aliphatic imine (C=N–C) groups is 1. The summed E-state index contributed by atoms with van der Waals surface area (Å²) in [7, 11) is 4.03. The average Bonchev–Trinajstić information content (AvgIpc) is 2.95. The number of carbonyl (C=O) groups is 1. The Bertz CT molecular complexity index is 748. The van der Waals surface area contributed by atoms with E-state index in [1.807, 2.05) is 45.4 Å². The topological polar surface area (TPSA) is 61.7 Å². The lowest BCUT2D eigenvalue weighted by Gasteiger charge is -2.22. The molecule has 0 saturated carbocycles. The molecule has 148 valence electrons. The molecule has 0 aliphatic carbocycles. The van der Waals surface area contributed by atoms with E-state index < -0.39 is 0 Å². The fourth-order valence-corrected chi connectivity index (χ4v) is 3.11. The SMILES string of the molecule is CCNC(=NCCNC(=O)c1ccccc1)N(C)Cc1cc(Br)cn1C.I. The van der Waals surface area contributed by atoms with E-state index in [9.17, 15) is 4.79 Å². The number of nitrogens with zero attached hydrogens (tertiary/aromatic N) is 3. The van der Waals surface area contributed by atoms with E-state index in [2.05, 4.69) is 47.1 Å². The molecule has 2 rings (SSSR count). The van der Waals surface area contributed by atoms with Crippen LogP contribution in [-0.4, -0.2) is 48.0 Å². The van der Waals surface area contributed by atoms with Gasteiger partial charge in [0, 0.05) is 49.1 Å². The Morgan fingerprint density at radius 3 is 2.56 bits per heavy atom. The second-order valence-electron chi connectivity index (χ2n) is 5.97. The van der Waals surface area contributed by atoms with Crippen molar-refractivity contribution in [3.63, 3.8) is 0 Å². The highest BCUT2D eigenvalue weighted by Crippen LogP contribution is 2.14. The Morgan fingerprint density at radius 2 is 1.96 bits per heavy atom. The number of guanidine groups is 1. The summed E-state index contributed by atoms with van der Waals surface area (Å²) in [4.78, 5) is 18.7. The molecular formula is C19H27BrIN5O. The molecule has 0 saturated heterocycles. The van der Waals surface area contributed by atoms with Crippen molar-refractivity contribution in [2.24, 2.45) is 12.0 Å². The van der Waals surface area contributed by atoms with Gasteiger partial charge in [0.05, 0.1) is 13.1 Å². The zero-order valence-corrected chi connectivity index (χ0v) is 19.8. The maximum Gasteiger partial charge on any atom is 0.251 e. The Balaban J connectivity index is 0.00000364. The van der Waals surface area contributed by atoms with E-state index in [-0.39, 0.29) is 29.9 Å². The number of amides is 1. The standard InChI is InChI=1S/C19H26BrN5O.HI/c1-4-21-19(25(3)14-17-12-16(20)13-24(17)2)23-11-10-22-18(26)15-8-6-5-7-9-15;/h5-9,12-13H,4,10-11,14H2,1-3H3,(H,21,23)(H,22,26);1H. The van der Waals surface area contributed by atoms with E-state index in [1.165, 1.54) is 5.69 Å². The summed E-state index contributed by atoms with van der Waals surface area (Å²) in [5.74, 6) is 0.742. The number of hydrogen-bond acceptors (Lipinski definition) is 2. The molecule has 1 aromatic heterocycles. The third-order valence-electron chi connectivity index (χ3n) is 3.87. The van der Waals surface area contributed by atoms with Crippen molar-refractivity contribution < 1.29 is 4.79 Å². The zero-order chi connectivity index (χ0) is 18.9. The van der Waals surface area contributed by atoms with Crippen LogP contribution in [0.4, 0.5) is 0 Å².